The summed E-state index contributed by atoms with van der Waals surface area (Å²) in [5.41, 5.74) is 7.38. The van der Waals surface area contributed by atoms with Crippen LogP contribution in [0.4, 0.5) is 4.39 Å². The first-order valence-electron chi connectivity index (χ1n) is 5.06. The largest absolute Gasteiger partial charge is 0.495 e. The van der Waals surface area contributed by atoms with Crippen LogP contribution in [0.2, 0.25) is 0 Å². The molecule has 4 nitrogen and oxygen atoms in total. The highest BCUT2D eigenvalue weighted by Gasteiger charge is 2.14. The van der Waals surface area contributed by atoms with Crippen molar-refractivity contribution >= 4 is 0 Å². The standard InChI is InChI=1S/C12H12FN3O/c1-17-11-7-15-3-2-10(11)12(14)8-4-9(13)6-16-5-8/h2-7,12H,14H2,1H3. The Balaban J connectivity index is 2.40. The van der Waals surface area contributed by atoms with Gasteiger partial charge < -0.3 is 10.5 Å². The molecule has 0 amide bonds. The van der Waals surface area contributed by atoms with E-state index in [0.717, 1.165) is 11.8 Å². The second-order valence-electron chi connectivity index (χ2n) is 3.53. The minimum absolute atomic E-state index is 0.411. The van der Waals surface area contributed by atoms with E-state index in [-0.39, 0.29) is 0 Å². The first-order valence-corrected chi connectivity index (χ1v) is 5.06. The van der Waals surface area contributed by atoms with Gasteiger partial charge in [0.1, 0.15) is 11.6 Å². The molecule has 5 heteroatoms. The quantitative estimate of drug-likeness (QED) is 0.876. The van der Waals surface area contributed by atoms with E-state index < -0.39 is 11.9 Å². The Morgan fingerprint density at radius 3 is 2.82 bits per heavy atom. The smallest absolute Gasteiger partial charge is 0.142 e. The monoisotopic (exact) mass is 233 g/mol. The number of ether oxygens (including phenoxy) is 1. The molecule has 2 aromatic heterocycles. The van der Waals surface area contributed by atoms with Gasteiger partial charge in [0.25, 0.3) is 0 Å². The average Bonchev–Trinajstić information content (AvgIpc) is 2.38. The van der Waals surface area contributed by atoms with Crippen molar-refractivity contribution in [1.29, 1.82) is 0 Å². The highest BCUT2D eigenvalue weighted by atomic mass is 19.1. The molecule has 0 radical (unpaired) electrons. The molecule has 1 atom stereocenters. The fourth-order valence-electron chi connectivity index (χ4n) is 1.60. The van der Waals surface area contributed by atoms with Crippen LogP contribution in [0, 0.1) is 5.82 Å². The molecule has 0 aliphatic heterocycles. The molecule has 0 saturated carbocycles. The maximum absolute atomic E-state index is 13.1. The number of halogens is 1. The molecule has 17 heavy (non-hydrogen) atoms. The summed E-state index contributed by atoms with van der Waals surface area (Å²) in [6.45, 7) is 0. The molecule has 0 fully saturated rings. The van der Waals surface area contributed by atoms with E-state index in [1.807, 2.05) is 0 Å². The van der Waals surface area contributed by atoms with Gasteiger partial charge in [-0.15, -0.1) is 0 Å². The lowest BCUT2D eigenvalue weighted by atomic mass is 10.0. The molecule has 2 rings (SSSR count). The summed E-state index contributed by atoms with van der Waals surface area (Å²) in [6.07, 6.45) is 5.86. The Morgan fingerprint density at radius 1 is 1.29 bits per heavy atom. The van der Waals surface area contributed by atoms with Crippen LogP contribution in [-0.4, -0.2) is 17.1 Å². The Labute approximate surface area is 98.3 Å². The van der Waals surface area contributed by atoms with E-state index in [9.17, 15) is 4.39 Å². The van der Waals surface area contributed by atoms with Crippen molar-refractivity contribution < 1.29 is 9.13 Å². The third-order valence-electron chi connectivity index (χ3n) is 2.46. The van der Waals surface area contributed by atoms with E-state index in [4.69, 9.17) is 10.5 Å². The summed E-state index contributed by atoms with van der Waals surface area (Å²) >= 11 is 0. The van der Waals surface area contributed by atoms with E-state index in [1.165, 1.54) is 19.4 Å². The Hall–Kier alpha value is -2.01. The van der Waals surface area contributed by atoms with Gasteiger partial charge in [0.15, 0.2) is 0 Å². The fourth-order valence-corrected chi connectivity index (χ4v) is 1.60. The molecule has 0 saturated heterocycles. The Kier molecular flexibility index (Phi) is 3.30. The lowest BCUT2D eigenvalue weighted by Crippen LogP contribution is -2.13. The topological polar surface area (TPSA) is 61.0 Å². The number of hydrogen-bond acceptors (Lipinski definition) is 4. The van der Waals surface area contributed by atoms with Gasteiger partial charge in [0, 0.05) is 18.0 Å². The molecule has 2 aromatic rings. The lowest BCUT2D eigenvalue weighted by Gasteiger charge is -2.15. The molecular weight excluding hydrogens is 221 g/mol. The zero-order valence-corrected chi connectivity index (χ0v) is 9.30. The number of rotatable bonds is 3. The van der Waals surface area contributed by atoms with Crippen LogP contribution in [0.3, 0.4) is 0 Å². The molecule has 2 N–H and O–H groups in total. The SMILES string of the molecule is COc1cnccc1C(N)c1cncc(F)c1. The second-order valence-corrected chi connectivity index (χ2v) is 3.53. The number of nitrogens with zero attached hydrogens (tertiary/aromatic N) is 2. The van der Waals surface area contributed by atoms with Crippen LogP contribution in [0.5, 0.6) is 5.75 Å². The highest BCUT2D eigenvalue weighted by molar-refractivity contribution is 5.38. The molecule has 0 spiro atoms. The van der Waals surface area contributed by atoms with Crippen LogP contribution < -0.4 is 10.5 Å². The maximum Gasteiger partial charge on any atom is 0.142 e. The maximum atomic E-state index is 13.1. The van der Waals surface area contributed by atoms with Crippen LogP contribution in [0.1, 0.15) is 17.2 Å². The normalized spacial score (nSPS) is 12.2. The summed E-state index contributed by atoms with van der Waals surface area (Å²) in [5.74, 6) is 0.162. The lowest BCUT2D eigenvalue weighted by molar-refractivity contribution is 0.405. The number of methoxy groups -OCH3 is 1. The number of nitrogens with two attached hydrogens (primary N) is 1. The number of aromatic nitrogens is 2. The molecule has 2 heterocycles. The average molecular weight is 233 g/mol. The van der Waals surface area contributed by atoms with Crippen LogP contribution in [0.15, 0.2) is 36.9 Å². The van der Waals surface area contributed by atoms with E-state index in [1.54, 1.807) is 18.5 Å². The summed E-state index contributed by atoms with van der Waals surface area (Å²) in [7, 11) is 1.54. The highest BCUT2D eigenvalue weighted by Crippen LogP contribution is 2.26. The zero-order chi connectivity index (χ0) is 12.3. The molecule has 0 aliphatic rings. The first-order chi connectivity index (χ1) is 8.22. The van der Waals surface area contributed by atoms with Gasteiger partial charge in [-0.25, -0.2) is 4.39 Å². The molecule has 0 aromatic carbocycles. The van der Waals surface area contributed by atoms with Crippen molar-refractivity contribution in [2.75, 3.05) is 7.11 Å². The summed E-state index contributed by atoms with van der Waals surface area (Å²) in [4.78, 5) is 7.71. The van der Waals surface area contributed by atoms with E-state index in [2.05, 4.69) is 9.97 Å². The first kappa shape index (κ1) is 11.5. The zero-order valence-electron chi connectivity index (χ0n) is 9.30. The third-order valence-corrected chi connectivity index (χ3v) is 2.46. The minimum Gasteiger partial charge on any atom is -0.495 e. The van der Waals surface area contributed by atoms with Gasteiger partial charge in [-0.2, -0.15) is 0 Å². The Bertz CT molecular complexity index is 519. The summed E-state index contributed by atoms with van der Waals surface area (Å²) in [5, 5.41) is 0. The third kappa shape index (κ3) is 2.39. The number of pyridine rings is 2. The van der Waals surface area contributed by atoms with Gasteiger partial charge in [0.05, 0.1) is 25.5 Å². The van der Waals surface area contributed by atoms with Gasteiger partial charge in [-0.1, -0.05) is 0 Å². The molecule has 88 valence electrons. The Morgan fingerprint density at radius 2 is 2.12 bits per heavy atom. The second kappa shape index (κ2) is 4.88. The molecular formula is C12H12FN3O. The predicted molar refractivity (Wildman–Crippen MR) is 61.0 cm³/mol. The molecule has 1 unspecified atom stereocenters. The van der Waals surface area contributed by atoms with Crippen molar-refractivity contribution in [2.45, 2.75) is 6.04 Å². The van der Waals surface area contributed by atoms with Gasteiger partial charge in [-0.3, -0.25) is 9.97 Å². The van der Waals surface area contributed by atoms with Crippen LogP contribution >= 0.6 is 0 Å². The molecule has 0 aliphatic carbocycles. The molecule has 0 bridgehead atoms. The van der Waals surface area contributed by atoms with Gasteiger partial charge >= 0.3 is 0 Å². The van der Waals surface area contributed by atoms with Crippen molar-refractivity contribution in [1.82, 2.24) is 9.97 Å². The van der Waals surface area contributed by atoms with E-state index >= 15 is 0 Å². The summed E-state index contributed by atoms with van der Waals surface area (Å²) < 4.78 is 18.2. The van der Waals surface area contributed by atoms with Gasteiger partial charge in [0.2, 0.25) is 0 Å². The van der Waals surface area contributed by atoms with Crippen LogP contribution in [0.25, 0.3) is 0 Å². The van der Waals surface area contributed by atoms with Crippen molar-refractivity contribution in [3.8, 4) is 5.75 Å². The van der Waals surface area contributed by atoms with Crippen molar-refractivity contribution in [3.05, 3.63) is 53.9 Å². The minimum atomic E-state index is -0.490. The van der Waals surface area contributed by atoms with Crippen molar-refractivity contribution in [3.63, 3.8) is 0 Å². The predicted octanol–water partition coefficient (Wildman–Crippen LogP) is 1.67. The van der Waals surface area contributed by atoms with Gasteiger partial charge in [-0.05, 0) is 17.7 Å². The fraction of sp³-hybridized carbons (Fsp3) is 0.167. The summed E-state index contributed by atoms with van der Waals surface area (Å²) in [6, 6.07) is 2.61. The van der Waals surface area contributed by atoms with Crippen LogP contribution in [-0.2, 0) is 0 Å². The van der Waals surface area contributed by atoms with E-state index in [0.29, 0.717) is 11.3 Å². The number of hydrogen-bond donors (Lipinski definition) is 1. The van der Waals surface area contributed by atoms with Crippen molar-refractivity contribution in [2.24, 2.45) is 5.73 Å².